The molecule has 0 aliphatic rings. The largest absolute Gasteiger partial charge is 0.486 e. The molecule has 0 aliphatic carbocycles. The quantitative estimate of drug-likeness (QED) is 0.224. The number of amides is 1. The van der Waals surface area contributed by atoms with E-state index in [0.717, 1.165) is 10.0 Å². The van der Waals surface area contributed by atoms with E-state index >= 15 is 0 Å². The molecule has 0 heterocycles. The van der Waals surface area contributed by atoms with Crippen molar-refractivity contribution in [2.45, 2.75) is 6.61 Å². The normalized spacial score (nSPS) is 11.1. The zero-order chi connectivity index (χ0) is 23.3. The molecule has 0 radical (unpaired) electrons. The highest BCUT2D eigenvalue weighted by molar-refractivity contribution is 9.10. The van der Waals surface area contributed by atoms with Crippen LogP contribution in [0.1, 0.15) is 11.1 Å². The van der Waals surface area contributed by atoms with Gasteiger partial charge >= 0.3 is 0 Å². The maximum absolute atomic E-state index is 12.6. The number of hydrogen-bond donors (Lipinski definition) is 1. The third-order valence-electron chi connectivity index (χ3n) is 4.19. The topological polar surface area (TPSA) is 62.1 Å². The molecule has 3 rings (SSSR count). The van der Waals surface area contributed by atoms with Gasteiger partial charge in [-0.05, 0) is 69.5 Å². The van der Waals surface area contributed by atoms with E-state index in [1.165, 1.54) is 6.08 Å². The van der Waals surface area contributed by atoms with Crippen molar-refractivity contribution in [3.8, 4) is 11.8 Å². The van der Waals surface area contributed by atoms with Crippen molar-refractivity contribution < 1.29 is 9.53 Å². The van der Waals surface area contributed by atoms with Crippen LogP contribution in [0.2, 0.25) is 15.1 Å². The molecular weight excluding hydrogens is 602 g/mol. The Labute approximate surface area is 217 Å². The van der Waals surface area contributed by atoms with E-state index in [0.29, 0.717) is 38.1 Å². The van der Waals surface area contributed by atoms with Crippen LogP contribution in [0.15, 0.2) is 69.1 Å². The highest BCUT2D eigenvalue weighted by atomic mass is 79.9. The van der Waals surface area contributed by atoms with Crippen LogP contribution in [0.5, 0.6) is 5.75 Å². The number of nitriles is 1. The van der Waals surface area contributed by atoms with E-state index in [4.69, 9.17) is 39.5 Å². The van der Waals surface area contributed by atoms with E-state index < -0.39 is 5.91 Å². The molecule has 0 aromatic heterocycles. The van der Waals surface area contributed by atoms with Crippen LogP contribution >= 0.6 is 66.7 Å². The molecule has 1 amide bonds. The van der Waals surface area contributed by atoms with Crippen LogP contribution < -0.4 is 10.1 Å². The lowest BCUT2D eigenvalue weighted by Crippen LogP contribution is -2.13. The van der Waals surface area contributed by atoms with Gasteiger partial charge in [0.05, 0.1) is 25.2 Å². The standard InChI is InChI=1S/C23H13Br2Cl3N2O2/c24-16-6-4-13(5-7-16)12-32-22-17(25)9-14(10-19(22)27)8-15(11-29)23(31)30-20-3-1-2-18(26)21(20)28/h1-10H,12H2,(H,30,31)/b15-8-. The summed E-state index contributed by atoms with van der Waals surface area (Å²) in [6, 6.07) is 17.8. The molecule has 9 heteroatoms. The predicted molar refractivity (Wildman–Crippen MR) is 136 cm³/mol. The summed E-state index contributed by atoms with van der Waals surface area (Å²) in [6.45, 7) is 0.326. The smallest absolute Gasteiger partial charge is 0.266 e. The molecule has 4 nitrogen and oxygen atoms in total. The number of nitrogens with one attached hydrogen (secondary N) is 1. The Balaban J connectivity index is 1.78. The molecule has 3 aromatic rings. The van der Waals surface area contributed by atoms with Crippen molar-refractivity contribution in [2.75, 3.05) is 5.32 Å². The third kappa shape index (κ3) is 6.28. The van der Waals surface area contributed by atoms with Crippen molar-refractivity contribution >= 4 is 84.3 Å². The van der Waals surface area contributed by atoms with Crippen molar-refractivity contribution in [2.24, 2.45) is 0 Å². The SMILES string of the molecule is N#C/C(=C/c1cc(Cl)c(OCc2ccc(Br)cc2)c(Br)c1)C(=O)Nc1cccc(Cl)c1Cl. The van der Waals surface area contributed by atoms with Gasteiger partial charge in [0.2, 0.25) is 0 Å². The fraction of sp³-hybridized carbons (Fsp3) is 0.0435. The summed E-state index contributed by atoms with van der Waals surface area (Å²) in [5.74, 6) is -0.167. The van der Waals surface area contributed by atoms with Gasteiger partial charge in [-0.2, -0.15) is 5.26 Å². The summed E-state index contributed by atoms with van der Waals surface area (Å²) >= 11 is 25.3. The molecule has 0 saturated heterocycles. The lowest BCUT2D eigenvalue weighted by atomic mass is 10.1. The molecule has 0 unspecified atom stereocenters. The number of nitrogens with zero attached hydrogens (tertiary/aromatic N) is 1. The van der Waals surface area contributed by atoms with E-state index in [9.17, 15) is 10.1 Å². The van der Waals surface area contributed by atoms with Gasteiger partial charge in [0.25, 0.3) is 5.91 Å². The number of anilines is 1. The van der Waals surface area contributed by atoms with Crippen LogP contribution in [0.4, 0.5) is 5.69 Å². The number of ether oxygens (including phenoxy) is 1. The first kappa shape index (κ1) is 24.6. The Morgan fingerprint density at radius 2 is 1.78 bits per heavy atom. The van der Waals surface area contributed by atoms with E-state index in [1.54, 1.807) is 30.3 Å². The fourth-order valence-electron chi connectivity index (χ4n) is 2.64. The minimum atomic E-state index is -0.625. The second-order valence-electron chi connectivity index (χ2n) is 6.45. The lowest BCUT2D eigenvalue weighted by Gasteiger charge is -2.12. The van der Waals surface area contributed by atoms with Crippen LogP contribution in [0.3, 0.4) is 0 Å². The lowest BCUT2D eigenvalue weighted by molar-refractivity contribution is -0.112. The first-order valence-electron chi connectivity index (χ1n) is 9.02. The molecule has 0 bridgehead atoms. The summed E-state index contributed by atoms with van der Waals surface area (Å²) in [5, 5.41) is 12.9. The zero-order valence-electron chi connectivity index (χ0n) is 16.1. The minimum absolute atomic E-state index is 0.132. The molecule has 0 aliphatic heterocycles. The number of hydrogen-bond acceptors (Lipinski definition) is 3. The highest BCUT2D eigenvalue weighted by Crippen LogP contribution is 2.36. The maximum atomic E-state index is 12.6. The van der Waals surface area contributed by atoms with Crippen LogP contribution in [-0.2, 0) is 11.4 Å². The summed E-state index contributed by atoms with van der Waals surface area (Å²) in [6.07, 6.45) is 1.42. The Morgan fingerprint density at radius 1 is 1.06 bits per heavy atom. The molecule has 0 atom stereocenters. The third-order valence-corrected chi connectivity index (χ3v) is 6.41. The second kappa shape index (κ2) is 11.2. The summed E-state index contributed by atoms with van der Waals surface area (Å²) in [5.41, 5.74) is 1.69. The molecule has 0 spiro atoms. The Hall–Kier alpha value is -2.01. The molecule has 162 valence electrons. The van der Waals surface area contributed by atoms with Gasteiger partial charge in [0, 0.05) is 4.47 Å². The molecule has 0 fully saturated rings. The van der Waals surface area contributed by atoms with Gasteiger partial charge in [-0.25, -0.2) is 0 Å². The number of carbonyl (C=O) groups excluding carboxylic acids is 1. The average Bonchev–Trinajstić information content (AvgIpc) is 2.76. The fourth-order valence-corrected chi connectivity index (χ4v) is 4.24. The molecule has 0 saturated carbocycles. The summed E-state index contributed by atoms with van der Waals surface area (Å²) < 4.78 is 7.41. The van der Waals surface area contributed by atoms with Crippen molar-refractivity contribution in [1.29, 1.82) is 5.26 Å². The minimum Gasteiger partial charge on any atom is -0.486 e. The summed E-state index contributed by atoms with van der Waals surface area (Å²) in [4.78, 5) is 12.6. The highest BCUT2D eigenvalue weighted by Gasteiger charge is 2.15. The molecule has 1 N–H and O–H groups in total. The number of carbonyl (C=O) groups is 1. The first-order valence-corrected chi connectivity index (χ1v) is 11.7. The van der Waals surface area contributed by atoms with Crippen molar-refractivity contribution in [3.05, 3.63) is 95.3 Å². The molecule has 3 aromatic carbocycles. The van der Waals surface area contributed by atoms with Gasteiger partial charge in [-0.1, -0.05) is 68.9 Å². The van der Waals surface area contributed by atoms with E-state index in [-0.39, 0.29) is 10.6 Å². The Morgan fingerprint density at radius 3 is 2.44 bits per heavy atom. The van der Waals surface area contributed by atoms with Gasteiger partial charge in [0.15, 0.2) is 5.75 Å². The van der Waals surface area contributed by atoms with Crippen LogP contribution in [-0.4, -0.2) is 5.91 Å². The van der Waals surface area contributed by atoms with E-state index in [1.807, 2.05) is 30.3 Å². The van der Waals surface area contributed by atoms with Crippen LogP contribution in [0, 0.1) is 11.3 Å². The first-order chi connectivity index (χ1) is 15.3. The average molecular weight is 616 g/mol. The predicted octanol–water partition coefficient (Wildman–Crippen LogP) is 8.30. The van der Waals surface area contributed by atoms with Crippen molar-refractivity contribution in [3.63, 3.8) is 0 Å². The van der Waals surface area contributed by atoms with Gasteiger partial charge in [0.1, 0.15) is 18.2 Å². The van der Waals surface area contributed by atoms with Gasteiger partial charge in [-0.15, -0.1) is 0 Å². The number of rotatable bonds is 6. The van der Waals surface area contributed by atoms with E-state index in [2.05, 4.69) is 37.2 Å². The van der Waals surface area contributed by atoms with Gasteiger partial charge < -0.3 is 10.1 Å². The summed E-state index contributed by atoms with van der Waals surface area (Å²) in [7, 11) is 0. The Bertz CT molecular complexity index is 1220. The Kier molecular flexibility index (Phi) is 8.64. The number of halogens is 5. The zero-order valence-corrected chi connectivity index (χ0v) is 21.6. The monoisotopic (exact) mass is 612 g/mol. The van der Waals surface area contributed by atoms with Crippen molar-refractivity contribution in [1.82, 2.24) is 0 Å². The molecule has 32 heavy (non-hydrogen) atoms. The maximum Gasteiger partial charge on any atom is 0.266 e. The van der Waals surface area contributed by atoms with Gasteiger partial charge in [-0.3, -0.25) is 4.79 Å². The number of benzene rings is 3. The van der Waals surface area contributed by atoms with Crippen LogP contribution in [0.25, 0.3) is 6.08 Å². The second-order valence-corrected chi connectivity index (χ2v) is 9.42. The molecular formula is C23H13Br2Cl3N2O2.